The number of hydrogen-bond donors (Lipinski definition) is 3. The lowest BCUT2D eigenvalue weighted by Crippen LogP contribution is -2.74. The summed E-state index contributed by atoms with van der Waals surface area (Å²) in [7, 11) is 0. The van der Waals surface area contributed by atoms with Crippen molar-refractivity contribution in [3.63, 3.8) is 0 Å². The summed E-state index contributed by atoms with van der Waals surface area (Å²) in [4.78, 5) is 15.5. The third-order valence-electron chi connectivity index (χ3n) is 3.53. The predicted octanol–water partition coefficient (Wildman–Crippen LogP) is 1.58. The van der Waals surface area contributed by atoms with Crippen LogP contribution in [-0.2, 0) is 22.6 Å². The van der Waals surface area contributed by atoms with Crippen molar-refractivity contribution in [1.29, 1.82) is 0 Å². The van der Waals surface area contributed by atoms with Gasteiger partial charge in [0.15, 0.2) is 6.10 Å². The standard InChI is InChI=1S/C17H20N2O4/c1-12-7-9-14(16(18-12)19-22)11-23-15(17(20)21)10-8-13-5-3-2-4-6-13/h2-7,9,15,22H,8,10-11H2,1H3,(H,18,19)(H,20,21)/p+1. The molecule has 0 radical (unpaired) electrons. The van der Waals surface area contributed by atoms with E-state index < -0.39 is 12.1 Å². The Morgan fingerprint density at radius 3 is 2.65 bits per heavy atom. The Kier molecular flexibility index (Phi) is 6.22. The number of rotatable bonds is 8. The van der Waals surface area contributed by atoms with Crippen molar-refractivity contribution in [2.75, 3.05) is 0 Å². The first-order chi connectivity index (χ1) is 11.1. The fraction of sp³-hybridized carbons (Fsp3) is 0.294. The Labute approximate surface area is 134 Å². The van der Waals surface area contributed by atoms with Crippen molar-refractivity contribution in [1.82, 2.24) is 4.98 Å². The molecule has 6 nitrogen and oxygen atoms in total. The highest BCUT2D eigenvalue weighted by Gasteiger charge is 2.19. The molecule has 1 unspecified atom stereocenters. The molecular weight excluding hydrogens is 296 g/mol. The molecule has 0 fully saturated rings. The minimum atomic E-state index is -0.990. The molecule has 0 aliphatic rings. The van der Waals surface area contributed by atoms with Crippen LogP contribution in [0.2, 0.25) is 0 Å². The number of quaternary nitrogens is 1. The monoisotopic (exact) mass is 317 g/mol. The van der Waals surface area contributed by atoms with E-state index >= 15 is 0 Å². The molecule has 2 rings (SSSR count). The first-order valence-corrected chi connectivity index (χ1v) is 7.42. The van der Waals surface area contributed by atoms with Crippen molar-refractivity contribution >= 4 is 11.8 Å². The summed E-state index contributed by atoms with van der Waals surface area (Å²) in [6, 6.07) is 13.3. The predicted molar refractivity (Wildman–Crippen MR) is 83.3 cm³/mol. The number of hydrogen-bond acceptors (Lipinski definition) is 4. The number of benzene rings is 1. The Bertz CT molecular complexity index is 646. The summed E-state index contributed by atoms with van der Waals surface area (Å²) in [5, 5.41) is 18.5. The highest BCUT2D eigenvalue weighted by atomic mass is 16.5. The van der Waals surface area contributed by atoms with Gasteiger partial charge in [0.2, 0.25) is 0 Å². The number of nitrogens with zero attached hydrogens (tertiary/aromatic N) is 1. The third kappa shape index (κ3) is 5.14. The number of pyridine rings is 1. The van der Waals surface area contributed by atoms with E-state index in [2.05, 4.69) is 4.98 Å². The fourth-order valence-electron chi connectivity index (χ4n) is 2.25. The van der Waals surface area contributed by atoms with Gasteiger partial charge in [-0.2, -0.15) is 10.5 Å². The van der Waals surface area contributed by atoms with Gasteiger partial charge in [0.05, 0.1) is 12.2 Å². The van der Waals surface area contributed by atoms with E-state index in [0.717, 1.165) is 16.7 Å². The second-order valence-corrected chi connectivity index (χ2v) is 5.29. The number of aryl methyl sites for hydroxylation is 2. The van der Waals surface area contributed by atoms with Crippen LogP contribution in [0.4, 0.5) is 5.82 Å². The molecule has 1 atom stereocenters. The van der Waals surface area contributed by atoms with Crippen molar-refractivity contribution < 1.29 is 25.3 Å². The smallest absolute Gasteiger partial charge is 0.332 e. The van der Waals surface area contributed by atoms with Crippen molar-refractivity contribution in [2.24, 2.45) is 0 Å². The number of carboxylic acids is 1. The van der Waals surface area contributed by atoms with Crippen LogP contribution >= 0.6 is 0 Å². The summed E-state index contributed by atoms with van der Waals surface area (Å²) in [5.41, 5.74) is 3.41. The number of carboxylic acid groups (broad SMARTS) is 1. The average molecular weight is 317 g/mol. The van der Waals surface area contributed by atoms with Gasteiger partial charge >= 0.3 is 5.97 Å². The molecule has 0 saturated heterocycles. The van der Waals surface area contributed by atoms with E-state index in [9.17, 15) is 15.1 Å². The lowest BCUT2D eigenvalue weighted by Gasteiger charge is -2.14. The van der Waals surface area contributed by atoms with Gasteiger partial charge in [-0.05, 0) is 37.5 Å². The second-order valence-electron chi connectivity index (χ2n) is 5.29. The van der Waals surface area contributed by atoms with Crippen LogP contribution in [0.15, 0.2) is 42.5 Å². The summed E-state index contributed by atoms with van der Waals surface area (Å²) < 4.78 is 5.52. The van der Waals surface area contributed by atoms with Crippen molar-refractivity contribution in [2.45, 2.75) is 32.5 Å². The zero-order valence-corrected chi connectivity index (χ0v) is 13.0. The Morgan fingerprint density at radius 2 is 2.00 bits per heavy atom. The summed E-state index contributed by atoms with van der Waals surface area (Å²) in [6.07, 6.45) is 0.114. The van der Waals surface area contributed by atoms with Gasteiger partial charge in [-0.1, -0.05) is 30.3 Å². The van der Waals surface area contributed by atoms with Crippen LogP contribution in [0.3, 0.4) is 0 Å². The molecule has 1 aromatic heterocycles. The maximum atomic E-state index is 11.4. The maximum Gasteiger partial charge on any atom is 0.332 e. The van der Waals surface area contributed by atoms with Gasteiger partial charge in [-0.3, -0.25) is 0 Å². The van der Waals surface area contributed by atoms with E-state index in [1.54, 1.807) is 12.1 Å². The van der Waals surface area contributed by atoms with Crippen LogP contribution in [0.25, 0.3) is 0 Å². The number of aromatic nitrogens is 1. The topological polar surface area (TPSA) is 96.3 Å². The zero-order valence-electron chi connectivity index (χ0n) is 13.0. The molecule has 0 saturated carbocycles. The fourth-order valence-corrected chi connectivity index (χ4v) is 2.25. The lowest BCUT2D eigenvalue weighted by molar-refractivity contribution is -0.828. The Balaban J connectivity index is 1.96. The molecule has 0 bridgehead atoms. The largest absolute Gasteiger partial charge is 0.479 e. The number of aliphatic carboxylic acids is 1. The summed E-state index contributed by atoms with van der Waals surface area (Å²) >= 11 is 0. The highest BCUT2D eigenvalue weighted by Crippen LogP contribution is 2.14. The normalized spacial score (nSPS) is 12.1. The van der Waals surface area contributed by atoms with Gasteiger partial charge in [0.1, 0.15) is 0 Å². The van der Waals surface area contributed by atoms with Gasteiger partial charge in [0.25, 0.3) is 5.82 Å². The molecular formula is C17H21N2O4+. The van der Waals surface area contributed by atoms with Crippen LogP contribution in [0.1, 0.15) is 23.2 Å². The Hall–Kier alpha value is -2.28. The van der Waals surface area contributed by atoms with Crippen molar-refractivity contribution in [3.8, 4) is 0 Å². The summed E-state index contributed by atoms with van der Waals surface area (Å²) in [5.74, 6) is -0.590. The second kappa shape index (κ2) is 8.38. The molecule has 0 spiro atoms. The van der Waals surface area contributed by atoms with Crippen LogP contribution in [-0.4, -0.2) is 27.4 Å². The molecule has 6 heteroatoms. The molecule has 2 aromatic rings. The quantitative estimate of drug-likeness (QED) is 0.642. The average Bonchev–Trinajstić information content (AvgIpc) is 2.56. The SMILES string of the molecule is Cc1ccc(COC(CCc2ccccc2)C(=O)O)c([NH2+]O)n1. The van der Waals surface area contributed by atoms with Gasteiger partial charge in [-0.15, -0.1) is 0 Å². The van der Waals surface area contributed by atoms with E-state index in [4.69, 9.17) is 4.74 Å². The van der Waals surface area contributed by atoms with E-state index in [-0.39, 0.29) is 6.61 Å². The molecule has 4 N–H and O–H groups in total. The van der Waals surface area contributed by atoms with E-state index in [1.165, 1.54) is 0 Å². The lowest BCUT2D eigenvalue weighted by atomic mass is 10.1. The molecule has 23 heavy (non-hydrogen) atoms. The number of carbonyl (C=O) groups is 1. The maximum absolute atomic E-state index is 11.4. The summed E-state index contributed by atoms with van der Waals surface area (Å²) in [6.45, 7) is 1.91. The molecule has 0 aliphatic heterocycles. The van der Waals surface area contributed by atoms with Gasteiger partial charge < -0.3 is 9.84 Å². The number of nitrogens with two attached hydrogens (primary N) is 1. The van der Waals surface area contributed by atoms with Crippen molar-refractivity contribution in [3.05, 3.63) is 59.3 Å². The minimum Gasteiger partial charge on any atom is -0.479 e. The number of ether oxygens (including phenoxy) is 1. The third-order valence-corrected chi connectivity index (χ3v) is 3.53. The molecule has 0 amide bonds. The van der Waals surface area contributed by atoms with E-state index in [1.807, 2.05) is 37.3 Å². The Morgan fingerprint density at radius 1 is 1.26 bits per heavy atom. The van der Waals surface area contributed by atoms with E-state index in [0.29, 0.717) is 24.2 Å². The minimum absolute atomic E-state index is 0.0887. The first-order valence-electron chi connectivity index (χ1n) is 7.42. The van der Waals surface area contributed by atoms with Gasteiger partial charge in [-0.25, -0.2) is 10.0 Å². The highest BCUT2D eigenvalue weighted by molar-refractivity contribution is 5.72. The first kappa shape index (κ1) is 17.1. The van der Waals surface area contributed by atoms with Crippen LogP contribution in [0, 0.1) is 6.92 Å². The molecule has 122 valence electrons. The van der Waals surface area contributed by atoms with Crippen LogP contribution in [0.5, 0.6) is 0 Å². The molecule has 1 heterocycles. The zero-order chi connectivity index (χ0) is 16.7. The van der Waals surface area contributed by atoms with Crippen LogP contribution < -0.4 is 5.48 Å². The molecule has 1 aromatic carbocycles. The van der Waals surface area contributed by atoms with Gasteiger partial charge in [0, 0.05) is 5.69 Å². The molecule has 0 aliphatic carbocycles.